The van der Waals surface area contributed by atoms with Gasteiger partial charge in [0.1, 0.15) is 5.82 Å². The second kappa shape index (κ2) is 5.55. The van der Waals surface area contributed by atoms with Gasteiger partial charge in [-0.25, -0.2) is 4.39 Å². The van der Waals surface area contributed by atoms with Crippen LogP contribution in [0.5, 0.6) is 0 Å². The van der Waals surface area contributed by atoms with E-state index in [-0.39, 0.29) is 5.82 Å². The van der Waals surface area contributed by atoms with Crippen molar-refractivity contribution in [1.29, 1.82) is 5.26 Å². The van der Waals surface area contributed by atoms with E-state index in [1.165, 1.54) is 23.3 Å². The third kappa shape index (κ3) is 2.74. The van der Waals surface area contributed by atoms with Crippen LogP contribution in [0.15, 0.2) is 36.4 Å². The Morgan fingerprint density at radius 1 is 1.29 bits per heavy atom. The topological polar surface area (TPSA) is 53.0 Å². The van der Waals surface area contributed by atoms with Gasteiger partial charge in [-0.1, -0.05) is 18.2 Å². The molecule has 1 aliphatic heterocycles. The minimum Gasteiger partial charge on any atom is -0.398 e. The van der Waals surface area contributed by atoms with Crippen molar-refractivity contribution in [1.82, 2.24) is 4.90 Å². The molecule has 2 aromatic rings. The quantitative estimate of drug-likeness (QED) is 0.861. The number of rotatable bonds is 2. The highest BCUT2D eigenvalue weighted by molar-refractivity contribution is 5.52. The van der Waals surface area contributed by atoms with Crippen molar-refractivity contribution in [2.75, 3.05) is 12.3 Å². The van der Waals surface area contributed by atoms with Gasteiger partial charge in [-0.2, -0.15) is 5.26 Å². The standard InChI is InChI=1S/C17H16FN3/c18-15-5-4-12(14(8-15)9-19)10-21-7-6-16-13(11-21)2-1-3-17(16)20/h1-5,8H,6-7,10-11,20H2. The van der Waals surface area contributed by atoms with E-state index in [1.807, 2.05) is 12.1 Å². The molecular weight excluding hydrogens is 265 g/mol. The maximum atomic E-state index is 13.2. The summed E-state index contributed by atoms with van der Waals surface area (Å²) in [6, 6.07) is 12.5. The molecule has 1 heterocycles. The van der Waals surface area contributed by atoms with Crippen LogP contribution < -0.4 is 5.73 Å². The first-order chi connectivity index (χ1) is 10.2. The van der Waals surface area contributed by atoms with E-state index >= 15 is 0 Å². The normalized spacial score (nSPS) is 14.5. The van der Waals surface area contributed by atoms with Crippen LogP contribution in [0.2, 0.25) is 0 Å². The molecule has 0 bridgehead atoms. The van der Waals surface area contributed by atoms with Crippen LogP contribution in [0, 0.1) is 17.1 Å². The Bertz CT molecular complexity index is 718. The van der Waals surface area contributed by atoms with Crippen LogP contribution in [0.25, 0.3) is 0 Å². The smallest absolute Gasteiger partial charge is 0.124 e. The van der Waals surface area contributed by atoms with Crippen molar-refractivity contribution in [3.05, 3.63) is 64.5 Å². The first-order valence-electron chi connectivity index (χ1n) is 6.94. The Morgan fingerprint density at radius 2 is 2.14 bits per heavy atom. The summed E-state index contributed by atoms with van der Waals surface area (Å²) in [4.78, 5) is 2.26. The third-order valence-corrected chi connectivity index (χ3v) is 3.97. The molecule has 4 heteroatoms. The lowest BCUT2D eigenvalue weighted by atomic mass is 9.97. The van der Waals surface area contributed by atoms with E-state index in [0.717, 1.165) is 30.8 Å². The molecule has 0 atom stereocenters. The highest BCUT2D eigenvalue weighted by Crippen LogP contribution is 2.25. The van der Waals surface area contributed by atoms with E-state index < -0.39 is 0 Å². The van der Waals surface area contributed by atoms with Crippen molar-refractivity contribution < 1.29 is 4.39 Å². The molecule has 0 saturated heterocycles. The summed E-state index contributed by atoms with van der Waals surface area (Å²) in [6.07, 6.45) is 0.908. The monoisotopic (exact) mass is 281 g/mol. The second-order valence-corrected chi connectivity index (χ2v) is 5.36. The summed E-state index contributed by atoms with van der Waals surface area (Å²) in [5.41, 5.74) is 10.6. The second-order valence-electron chi connectivity index (χ2n) is 5.36. The summed E-state index contributed by atoms with van der Waals surface area (Å²) >= 11 is 0. The first-order valence-corrected chi connectivity index (χ1v) is 6.94. The molecule has 0 unspecified atom stereocenters. The maximum Gasteiger partial charge on any atom is 0.124 e. The summed E-state index contributed by atoms with van der Waals surface area (Å²) in [5, 5.41) is 9.11. The number of benzene rings is 2. The van der Waals surface area contributed by atoms with Gasteiger partial charge in [0.05, 0.1) is 11.6 Å². The summed E-state index contributed by atoms with van der Waals surface area (Å²) in [6.45, 7) is 2.35. The number of nitrogens with two attached hydrogens (primary N) is 1. The molecule has 3 rings (SSSR count). The molecule has 0 spiro atoms. The molecule has 0 saturated carbocycles. The Labute approximate surface area is 123 Å². The number of nitrogen functional groups attached to an aromatic ring is 1. The van der Waals surface area contributed by atoms with Gasteiger partial charge in [0.2, 0.25) is 0 Å². The molecule has 0 radical (unpaired) electrons. The molecule has 0 aliphatic carbocycles. The third-order valence-electron chi connectivity index (χ3n) is 3.97. The maximum absolute atomic E-state index is 13.2. The van der Waals surface area contributed by atoms with E-state index in [9.17, 15) is 4.39 Å². The van der Waals surface area contributed by atoms with Gasteiger partial charge >= 0.3 is 0 Å². The lowest BCUT2D eigenvalue weighted by molar-refractivity contribution is 0.245. The predicted octanol–water partition coefficient (Wildman–Crippen LogP) is 2.84. The van der Waals surface area contributed by atoms with Crippen molar-refractivity contribution >= 4 is 5.69 Å². The Kier molecular flexibility index (Phi) is 3.59. The van der Waals surface area contributed by atoms with Gasteiger partial charge in [0.15, 0.2) is 0 Å². The fourth-order valence-corrected chi connectivity index (χ4v) is 2.86. The van der Waals surface area contributed by atoms with E-state index in [2.05, 4.69) is 17.0 Å². The molecule has 2 aromatic carbocycles. The average Bonchev–Trinajstić information content (AvgIpc) is 2.49. The van der Waals surface area contributed by atoms with Crippen LogP contribution in [0.3, 0.4) is 0 Å². The van der Waals surface area contributed by atoms with Gasteiger partial charge in [0, 0.05) is 25.3 Å². The molecule has 0 fully saturated rings. The lowest BCUT2D eigenvalue weighted by Crippen LogP contribution is -2.30. The number of halogens is 1. The van der Waals surface area contributed by atoms with Gasteiger partial charge in [-0.15, -0.1) is 0 Å². The largest absolute Gasteiger partial charge is 0.398 e. The summed E-state index contributed by atoms with van der Waals surface area (Å²) in [5.74, 6) is -0.368. The van der Waals surface area contributed by atoms with Gasteiger partial charge in [-0.3, -0.25) is 4.90 Å². The molecule has 21 heavy (non-hydrogen) atoms. The molecule has 106 valence electrons. The van der Waals surface area contributed by atoms with E-state index in [4.69, 9.17) is 11.0 Å². The number of hydrogen-bond acceptors (Lipinski definition) is 3. The van der Waals surface area contributed by atoms with Crippen LogP contribution in [0.1, 0.15) is 22.3 Å². The van der Waals surface area contributed by atoms with Gasteiger partial charge in [0.25, 0.3) is 0 Å². The fraction of sp³-hybridized carbons (Fsp3) is 0.235. The number of nitrogens with zero attached hydrogens (tertiary/aromatic N) is 2. The zero-order valence-electron chi connectivity index (χ0n) is 11.6. The van der Waals surface area contributed by atoms with Crippen LogP contribution in [-0.2, 0) is 19.5 Å². The molecule has 2 N–H and O–H groups in total. The number of fused-ring (bicyclic) bond motifs is 1. The Morgan fingerprint density at radius 3 is 2.95 bits per heavy atom. The van der Waals surface area contributed by atoms with E-state index in [0.29, 0.717) is 12.1 Å². The Hall–Kier alpha value is -2.38. The van der Waals surface area contributed by atoms with Crippen molar-refractivity contribution in [3.8, 4) is 6.07 Å². The lowest BCUT2D eigenvalue weighted by Gasteiger charge is -2.29. The molecular formula is C17H16FN3. The van der Waals surface area contributed by atoms with Crippen LogP contribution >= 0.6 is 0 Å². The minimum atomic E-state index is -0.368. The highest BCUT2D eigenvalue weighted by Gasteiger charge is 2.18. The molecule has 0 amide bonds. The minimum absolute atomic E-state index is 0.368. The van der Waals surface area contributed by atoms with Crippen LogP contribution in [-0.4, -0.2) is 11.4 Å². The summed E-state index contributed by atoms with van der Waals surface area (Å²) in [7, 11) is 0. The van der Waals surface area contributed by atoms with Crippen molar-refractivity contribution in [3.63, 3.8) is 0 Å². The average molecular weight is 281 g/mol. The fourth-order valence-electron chi connectivity index (χ4n) is 2.86. The summed E-state index contributed by atoms with van der Waals surface area (Å²) < 4.78 is 13.2. The van der Waals surface area contributed by atoms with Crippen molar-refractivity contribution in [2.24, 2.45) is 0 Å². The first kappa shape index (κ1) is 13.6. The molecule has 3 nitrogen and oxygen atoms in total. The number of hydrogen-bond donors (Lipinski definition) is 1. The molecule has 1 aliphatic rings. The zero-order valence-corrected chi connectivity index (χ0v) is 11.6. The number of anilines is 1. The highest BCUT2D eigenvalue weighted by atomic mass is 19.1. The van der Waals surface area contributed by atoms with E-state index in [1.54, 1.807) is 6.07 Å². The van der Waals surface area contributed by atoms with Gasteiger partial charge in [-0.05, 0) is 41.3 Å². The van der Waals surface area contributed by atoms with Crippen LogP contribution in [0.4, 0.5) is 10.1 Å². The zero-order chi connectivity index (χ0) is 14.8. The predicted molar refractivity (Wildman–Crippen MR) is 79.8 cm³/mol. The number of nitriles is 1. The molecule has 0 aromatic heterocycles. The Balaban J connectivity index is 1.81. The van der Waals surface area contributed by atoms with Crippen molar-refractivity contribution in [2.45, 2.75) is 19.5 Å². The van der Waals surface area contributed by atoms with Gasteiger partial charge < -0.3 is 5.73 Å². The SMILES string of the molecule is N#Cc1cc(F)ccc1CN1CCc2c(N)cccc2C1.